The van der Waals surface area contributed by atoms with E-state index in [1.165, 1.54) is 4.90 Å². The first-order valence-corrected chi connectivity index (χ1v) is 8.97. The van der Waals surface area contributed by atoms with Gasteiger partial charge in [-0.3, -0.25) is 0 Å². The molecule has 0 bridgehead atoms. The summed E-state index contributed by atoms with van der Waals surface area (Å²) in [6, 6.07) is 0.726. The summed E-state index contributed by atoms with van der Waals surface area (Å²) in [6.07, 6.45) is 2.32. The SMILES string of the molecule is CSCC[C@H](NC(=O)N(C)Cc1csc(Br)c1)C(=O)O. The molecule has 2 amide bonds. The average molecular weight is 381 g/mol. The second-order valence-electron chi connectivity index (χ2n) is 4.24. The Kier molecular flexibility index (Phi) is 7.39. The minimum Gasteiger partial charge on any atom is -0.480 e. The van der Waals surface area contributed by atoms with Gasteiger partial charge in [-0.25, -0.2) is 9.59 Å². The van der Waals surface area contributed by atoms with E-state index in [2.05, 4.69) is 21.2 Å². The van der Waals surface area contributed by atoms with Gasteiger partial charge in [0.15, 0.2) is 0 Å². The maximum Gasteiger partial charge on any atom is 0.326 e. The molecule has 20 heavy (non-hydrogen) atoms. The molecule has 1 atom stereocenters. The standard InChI is InChI=1S/C12H17BrN2O3S2/c1-15(6-8-5-10(13)20-7-8)12(18)14-9(11(16)17)3-4-19-2/h5,7,9H,3-4,6H2,1-2H3,(H,14,18)(H,16,17)/t9-/m0/s1. The predicted octanol–water partition coefficient (Wildman–Crippen LogP) is 2.86. The molecule has 0 spiro atoms. The molecule has 0 aliphatic carbocycles. The summed E-state index contributed by atoms with van der Waals surface area (Å²) in [4.78, 5) is 24.5. The fraction of sp³-hybridized carbons (Fsp3) is 0.500. The Hall–Kier alpha value is -0.730. The molecule has 0 unspecified atom stereocenters. The van der Waals surface area contributed by atoms with E-state index in [0.29, 0.717) is 18.7 Å². The number of halogens is 1. The lowest BCUT2D eigenvalue weighted by atomic mass is 10.2. The number of rotatable bonds is 7. The Morgan fingerprint density at radius 1 is 1.60 bits per heavy atom. The van der Waals surface area contributed by atoms with Gasteiger partial charge in [-0.15, -0.1) is 11.3 Å². The lowest BCUT2D eigenvalue weighted by molar-refractivity contribution is -0.139. The minimum atomic E-state index is -1.00. The number of carboxylic acids is 1. The molecule has 8 heteroatoms. The second kappa shape index (κ2) is 8.53. The fourth-order valence-corrected chi connectivity index (χ4v) is 3.20. The zero-order chi connectivity index (χ0) is 15.1. The normalized spacial score (nSPS) is 11.9. The number of thiophene rings is 1. The third-order valence-corrected chi connectivity index (χ3v) is 4.79. The monoisotopic (exact) mass is 380 g/mol. The van der Waals surface area contributed by atoms with Gasteiger partial charge in [-0.1, -0.05) is 0 Å². The van der Waals surface area contributed by atoms with Crippen LogP contribution in [0.3, 0.4) is 0 Å². The van der Waals surface area contributed by atoms with Gasteiger partial charge in [0.1, 0.15) is 6.04 Å². The Labute approximate surface area is 134 Å². The maximum absolute atomic E-state index is 12.0. The van der Waals surface area contributed by atoms with Crippen LogP contribution in [0.1, 0.15) is 12.0 Å². The number of amides is 2. The molecule has 0 aliphatic rings. The van der Waals surface area contributed by atoms with E-state index in [1.54, 1.807) is 30.1 Å². The van der Waals surface area contributed by atoms with Gasteiger partial charge in [-0.05, 0) is 51.4 Å². The van der Waals surface area contributed by atoms with Gasteiger partial charge in [0.2, 0.25) is 0 Å². The zero-order valence-electron chi connectivity index (χ0n) is 11.3. The van der Waals surface area contributed by atoms with Crippen LogP contribution < -0.4 is 5.32 Å². The molecule has 0 saturated carbocycles. The number of nitrogens with one attached hydrogen (secondary N) is 1. The van der Waals surface area contributed by atoms with Crippen molar-refractivity contribution < 1.29 is 14.7 Å². The molecule has 0 aliphatic heterocycles. The number of carbonyl (C=O) groups excluding carboxylic acids is 1. The van der Waals surface area contributed by atoms with Gasteiger partial charge in [0, 0.05) is 13.6 Å². The van der Waals surface area contributed by atoms with Gasteiger partial charge in [0.25, 0.3) is 0 Å². The molecule has 0 aromatic carbocycles. The topological polar surface area (TPSA) is 69.6 Å². The molecule has 1 heterocycles. The van der Waals surface area contributed by atoms with Crippen molar-refractivity contribution in [1.29, 1.82) is 0 Å². The van der Waals surface area contributed by atoms with Crippen molar-refractivity contribution in [2.75, 3.05) is 19.1 Å². The molecular weight excluding hydrogens is 364 g/mol. The lowest BCUT2D eigenvalue weighted by Gasteiger charge is -2.21. The van der Waals surface area contributed by atoms with Crippen molar-refractivity contribution in [3.8, 4) is 0 Å². The Balaban J connectivity index is 2.52. The Bertz CT molecular complexity index is 467. The molecule has 0 fully saturated rings. The second-order valence-corrected chi connectivity index (χ2v) is 7.51. The summed E-state index contributed by atoms with van der Waals surface area (Å²) in [5.74, 6) is -0.308. The van der Waals surface area contributed by atoms with Gasteiger partial charge < -0.3 is 15.3 Å². The molecule has 2 N–H and O–H groups in total. The van der Waals surface area contributed by atoms with Crippen LogP contribution in [-0.4, -0.2) is 47.1 Å². The molecule has 5 nitrogen and oxygen atoms in total. The van der Waals surface area contributed by atoms with Crippen LogP contribution in [0, 0.1) is 0 Å². The Morgan fingerprint density at radius 3 is 2.80 bits per heavy atom. The van der Waals surface area contributed by atoms with E-state index in [9.17, 15) is 9.59 Å². The van der Waals surface area contributed by atoms with Crippen molar-refractivity contribution in [2.45, 2.75) is 19.0 Å². The number of urea groups is 1. The highest BCUT2D eigenvalue weighted by Crippen LogP contribution is 2.21. The number of hydrogen-bond donors (Lipinski definition) is 2. The van der Waals surface area contributed by atoms with Crippen molar-refractivity contribution in [2.24, 2.45) is 0 Å². The maximum atomic E-state index is 12.0. The van der Waals surface area contributed by atoms with E-state index in [4.69, 9.17) is 5.11 Å². The molecule has 1 rings (SSSR count). The van der Waals surface area contributed by atoms with Crippen LogP contribution >= 0.6 is 39.0 Å². The average Bonchev–Trinajstić information content (AvgIpc) is 2.79. The summed E-state index contributed by atoms with van der Waals surface area (Å²) < 4.78 is 1.00. The van der Waals surface area contributed by atoms with Gasteiger partial charge in [0.05, 0.1) is 3.79 Å². The molecule has 0 radical (unpaired) electrons. The van der Waals surface area contributed by atoms with Crippen molar-refractivity contribution in [3.05, 3.63) is 20.8 Å². The number of nitrogens with zero attached hydrogens (tertiary/aromatic N) is 1. The molecule has 0 saturated heterocycles. The minimum absolute atomic E-state index is 0.374. The first kappa shape index (κ1) is 17.3. The third kappa shape index (κ3) is 5.72. The first-order valence-electron chi connectivity index (χ1n) is 5.90. The third-order valence-electron chi connectivity index (χ3n) is 2.59. The van der Waals surface area contributed by atoms with E-state index in [0.717, 1.165) is 9.35 Å². The molecular formula is C12H17BrN2O3S2. The Morgan fingerprint density at radius 2 is 2.30 bits per heavy atom. The molecule has 112 valence electrons. The van der Waals surface area contributed by atoms with Crippen LogP contribution in [0.2, 0.25) is 0 Å². The van der Waals surface area contributed by atoms with Crippen molar-refractivity contribution in [3.63, 3.8) is 0 Å². The predicted molar refractivity (Wildman–Crippen MR) is 86.4 cm³/mol. The van der Waals surface area contributed by atoms with Gasteiger partial charge in [-0.2, -0.15) is 11.8 Å². The number of carbonyl (C=O) groups is 2. The highest BCUT2D eigenvalue weighted by Gasteiger charge is 2.21. The van der Waals surface area contributed by atoms with Crippen molar-refractivity contribution in [1.82, 2.24) is 10.2 Å². The fourth-order valence-electron chi connectivity index (χ4n) is 1.53. The first-order chi connectivity index (χ1) is 9.43. The van der Waals surface area contributed by atoms with Crippen LogP contribution in [0.15, 0.2) is 15.2 Å². The summed E-state index contributed by atoms with van der Waals surface area (Å²) >= 11 is 6.47. The van der Waals surface area contributed by atoms with E-state index < -0.39 is 12.0 Å². The van der Waals surface area contributed by atoms with E-state index in [-0.39, 0.29) is 6.03 Å². The van der Waals surface area contributed by atoms with Crippen LogP contribution in [-0.2, 0) is 11.3 Å². The quantitative estimate of drug-likeness (QED) is 0.762. The highest BCUT2D eigenvalue weighted by molar-refractivity contribution is 9.11. The molecule has 1 aromatic heterocycles. The highest BCUT2D eigenvalue weighted by atomic mass is 79.9. The summed E-state index contributed by atoms with van der Waals surface area (Å²) in [5, 5.41) is 13.6. The van der Waals surface area contributed by atoms with Crippen LogP contribution in [0.25, 0.3) is 0 Å². The summed E-state index contributed by atoms with van der Waals surface area (Å²) in [6.45, 7) is 0.447. The molecule has 1 aromatic rings. The largest absolute Gasteiger partial charge is 0.480 e. The smallest absolute Gasteiger partial charge is 0.326 e. The van der Waals surface area contributed by atoms with Gasteiger partial charge >= 0.3 is 12.0 Å². The number of thioether (sulfide) groups is 1. The number of carboxylic acid groups (broad SMARTS) is 1. The summed E-state index contributed by atoms with van der Waals surface area (Å²) in [5.41, 5.74) is 1.01. The summed E-state index contributed by atoms with van der Waals surface area (Å²) in [7, 11) is 1.65. The van der Waals surface area contributed by atoms with Crippen LogP contribution in [0.4, 0.5) is 4.79 Å². The number of aliphatic carboxylic acids is 1. The number of hydrogen-bond acceptors (Lipinski definition) is 4. The van der Waals surface area contributed by atoms with E-state index >= 15 is 0 Å². The van der Waals surface area contributed by atoms with Crippen LogP contribution in [0.5, 0.6) is 0 Å². The zero-order valence-corrected chi connectivity index (χ0v) is 14.5. The van der Waals surface area contributed by atoms with Crippen molar-refractivity contribution >= 4 is 51.0 Å². The van der Waals surface area contributed by atoms with E-state index in [1.807, 2.05) is 17.7 Å². The lowest BCUT2D eigenvalue weighted by Crippen LogP contribution is -2.46.